The third-order valence-corrected chi connectivity index (χ3v) is 3.62. The summed E-state index contributed by atoms with van der Waals surface area (Å²) in [7, 11) is 0. The van der Waals surface area contributed by atoms with Crippen LogP contribution in [0.25, 0.3) is 0 Å². The maximum atomic E-state index is 12.1. The average Bonchev–Trinajstić information content (AvgIpc) is 2.52. The normalized spacial score (nSPS) is 9.36. The second kappa shape index (κ2) is 8.50. The van der Waals surface area contributed by atoms with Crippen molar-refractivity contribution in [1.82, 2.24) is 9.88 Å². The number of carbonyl (C=O) groups is 1. The first-order valence-corrected chi connectivity index (χ1v) is 7.29. The third-order valence-electron chi connectivity index (χ3n) is 2.64. The Labute approximate surface area is 133 Å². The summed E-state index contributed by atoms with van der Waals surface area (Å²) in [6.45, 7) is 8.04. The highest BCUT2D eigenvalue weighted by molar-refractivity contribution is 8.00. The summed E-state index contributed by atoms with van der Waals surface area (Å²) in [6.07, 6.45) is 3.26. The molecule has 6 nitrogen and oxygen atoms in total. The van der Waals surface area contributed by atoms with E-state index in [0.29, 0.717) is 18.1 Å². The van der Waals surface area contributed by atoms with Gasteiger partial charge < -0.3 is 10.6 Å². The minimum absolute atomic E-state index is 0.0467. The fourth-order valence-electron chi connectivity index (χ4n) is 1.60. The van der Waals surface area contributed by atoms with Gasteiger partial charge >= 0.3 is 0 Å². The first-order chi connectivity index (χ1) is 10.6. The number of nitrogens with two attached hydrogens (primary N) is 1. The number of rotatable bonds is 7. The number of pyridine rings is 1. The first-order valence-electron chi connectivity index (χ1n) is 6.30. The molecular formula is C15H15N5OS. The Morgan fingerprint density at radius 1 is 1.32 bits per heavy atom. The van der Waals surface area contributed by atoms with Gasteiger partial charge in [-0.1, -0.05) is 23.9 Å². The summed E-state index contributed by atoms with van der Waals surface area (Å²) in [5.74, 6) is 0.0261. The molecule has 7 heteroatoms. The largest absolute Gasteiger partial charge is 0.383 e. The van der Waals surface area contributed by atoms with Crippen LogP contribution in [0.3, 0.4) is 0 Å². The summed E-state index contributed by atoms with van der Waals surface area (Å²) in [6, 6.07) is 5.20. The van der Waals surface area contributed by atoms with Crippen molar-refractivity contribution in [3.8, 4) is 12.1 Å². The number of nitriles is 2. The van der Waals surface area contributed by atoms with Gasteiger partial charge in [0.2, 0.25) is 5.91 Å². The average molecular weight is 313 g/mol. The summed E-state index contributed by atoms with van der Waals surface area (Å²) >= 11 is 1.11. The van der Waals surface area contributed by atoms with Gasteiger partial charge in [-0.05, 0) is 6.07 Å². The monoisotopic (exact) mass is 313 g/mol. The summed E-state index contributed by atoms with van der Waals surface area (Å²) < 4.78 is 0. The molecule has 0 aliphatic rings. The molecule has 0 atom stereocenters. The van der Waals surface area contributed by atoms with Gasteiger partial charge in [-0.15, -0.1) is 13.2 Å². The lowest BCUT2D eigenvalue weighted by molar-refractivity contribution is -0.127. The Kier molecular flexibility index (Phi) is 6.68. The van der Waals surface area contributed by atoms with Crippen molar-refractivity contribution in [2.75, 3.05) is 24.6 Å². The number of nitrogens with zero attached hydrogens (tertiary/aromatic N) is 4. The number of aromatic nitrogens is 1. The van der Waals surface area contributed by atoms with Crippen LogP contribution in [0.4, 0.5) is 5.82 Å². The highest BCUT2D eigenvalue weighted by Crippen LogP contribution is 2.24. The molecule has 0 aromatic carbocycles. The van der Waals surface area contributed by atoms with Gasteiger partial charge in [0.15, 0.2) is 0 Å². The number of hydrogen-bond acceptors (Lipinski definition) is 6. The smallest absolute Gasteiger partial charge is 0.233 e. The Morgan fingerprint density at radius 3 is 2.41 bits per heavy atom. The van der Waals surface area contributed by atoms with E-state index >= 15 is 0 Å². The van der Waals surface area contributed by atoms with Crippen molar-refractivity contribution >= 4 is 23.5 Å². The van der Waals surface area contributed by atoms with E-state index in [4.69, 9.17) is 16.3 Å². The Hall–Kier alpha value is -2.77. The molecule has 22 heavy (non-hydrogen) atoms. The molecule has 1 amide bonds. The minimum Gasteiger partial charge on any atom is -0.383 e. The van der Waals surface area contributed by atoms with Gasteiger partial charge in [-0.3, -0.25) is 4.79 Å². The van der Waals surface area contributed by atoms with Crippen LogP contribution in [-0.4, -0.2) is 34.6 Å². The fourth-order valence-corrected chi connectivity index (χ4v) is 2.47. The van der Waals surface area contributed by atoms with E-state index < -0.39 is 0 Å². The van der Waals surface area contributed by atoms with Crippen molar-refractivity contribution < 1.29 is 4.79 Å². The van der Waals surface area contributed by atoms with Crippen LogP contribution in [0.15, 0.2) is 36.4 Å². The molecule has 1 aromatic heterocycles. The minimum atomic E-state index is -0.126. The standard InChI is InChI=1S/C15H15N5OS/c1-3-5-20(6-4-2)13(21)10-22-15-12(9-17)7-11(8-16)14(18)19-15/h3-4,7H,1-2,5-6,10H2,(H2,18,19). The zero-order valence-corrected chi connectivity index (χ0v) is 12.8. The number of anilines is 1. The number of hydrogen-bond donors (Lipinski definition) is 1. The molecule has 0 aliphatic heterocycles. The highest BCUT2D eigenvalue weighted by Gasteiger charge is 2.15. The molecule has 112 valence electrons. The van der Waals surface area contributed by atoms with Crippen LogP contribution in [0.2, 0.25) is 0 Å². The van der Waals surface area contributed by atoms with E-state index in [2.05, 4.69) is 18.1 Å². The number of carbonyl (C=O) groups excluding carboxylic acids is 1. The van der Waals surface area contributed by atoms with Crippen LogP contribution < -0.4 is 5.73 Å². The lowest BCUT2D eigenvalue weighted by Crippen LogP contribution is -2.32. The Bertz CT molecular complexity index is 662. The molecule has 0 saturated heterocycles. The van der Waals surface area contributed by atoms with Gasteiger partial charge in [-0.2, -0.15) is 10.5 Å². The van der Waals surface area contributed by atoms with E-state index in [-0.39, 0.29) is 28.6 Å². The lowest BCUT2D eigenvalue weighted by atomic mass is 10.2. The second-order valence-electron chi connectivity index (χ2n) is 4.16. The van der Waals surface area contributed by atoms with Crippen molar-refractivity contribution in [2.24, 2.45) is 0 Å². The summed E-state index contributed by atoms with van der Waals surface area (Å²) in [4.78, 5) is 17.7. The lowest BCUT2D eigenvalue weighted by Gasteiger charge is -2.18. The van der Waals surface area contributed by atoms with Crippen LogP contribution in [0.5, 0.6) is 0 Å². The van der Waals surface area contributed by atoms with Crippen molar-refractivity contribution in [2.45, 2.75) is 5.03 Å². The second-order valence-corrected chi connectivity index (χ2v) is 5.13. The fraction of sp³-hybridized carbons (Fsp3) is 0.200. The van der Waals surface area contributed by atoms with Gasteiger partial charge in [0.1, 0.15) is 23.0 Å². The van der Waals surface area contributed by atoms with E-state index in [1.54, 1.807) is 17.1 Å². The molecule has 0 radical (unpaired) electrons. The quantitative estimate of drug-likeness (QED) is 0.606. The maximum absolute atomic E-state index is 12.1. The van der Waals surface area contributed by atoms with E-state index in [1.807, 2.05) is 12.1 Å². The molecule has 0 unspecified atom stereocenters. The molecule has 1 heterocycles. The highest BCUT2D eigenvalue weighted by atomic mass is 32.2. The molecule has 0 spiro atoms. The summed E-state index contributed by atoms with van der Waals surface area (Å²) in [5.41, 5.74) is 6.01. The maximum Gasteiger partial charge on any atom is 0.233 e. The van der Waals surface area contributed by atoms with Gasteiger partial charge in [-0.25, -0.2) is 4.98 Å². The van der Waals surface area contributed by atoms with Gasteiger partial charge in [0.25, 0.3) is 0 Å². The molecule has 2 N–H and O–H groups in total. The molecule has 0 fully saturated rings. The van der Waals surface area contributed by atoms with Crippen molar-refractivity contribution in [3.05, 3.63) is 42.5 Å². The first kappa shape index (κ1) is 17.3. The SMILES string of the molecule is C=CCN(CC=C)C(=O)CSc1nc(N)c(C#N)cc1C#N. The van der Waals surface area contributed by atoms with E-state index in [1.165, 1.54) is 6.07 Å². The molecule has 0 aliphatic carbocycles. The predicted molar refractivity (Wildman–Crippen MR) is 85.8 cm³/mol. The third kappa shape index (κ3) is 4.37. The Morgan fingerprint density at radius 2 is 1.91 bits per heavy atom. The van der Waals surface area contributed by atoms with Crippen molar-refractivity contribution in [3.63, 3.8) is 0 Å². The van der Waals surface area contributed by atoms with Gasteiger partial charge in [0, 0.05) is 13.1 Å². The summed E-state index contributed by atoms with van der Waals surface area (Å²) in [5, 5.41) is 18.3. The van der Waals surface area contributed by atoms with Crippen LogP contribution >= 0.6 is 11.8 Å². The molecule has 1 rings (SSSR count). The van der Waals surface area contributed by atoms with Crippen LogP contribution in [-0.2, 0) is 4.79 Å². The molecular weight excluding hydrogens is 298 g/mol. The van der Waals surface area contributed by atoms with E-state index in [9.17, 15) is 4.79 Å². The predicted octanol–water partition coefficient (Wildman–Crippen LogP) is 1.70. The number of amides is 1. The zero-order chi connectivity index (χ0) is 16.5. The number of nitrogen functional groups attached to an aromatic ring is 1. The topological polar surface area (TPSA) is 107 Å². The van der Waals surface area contributed by atoms with Crippen LogP contribution in [0, 0.1) is 22.7 Å². The van der Waals surface area contributed by atoms with Crippen LogP contribution in [0.1, 0.15) is 11.1 Å². The molecule has 1 aromatic rings. The number of thioether (sulfide) groups is 1. The van der Waals surface area contributed by atoms with E-state index in [0.717, 1.165) is 11.8 Å². The van der Waals surface area contributed by atoms with Crippen molar-refractivity contribution in [1.29, 1.82) is 10.5 Å². The molecule has 0 bridgehead atoms. The zero-order valence-electron chi connectivity index (χ0n) is 12.0. The molecule has 0 saturated carbocycles. The van der Waals surface area contributed by atoms with Gasteiger partial charge in [0.05, 0.1) is 16.9 Å². The Balaban J connectivity index is 2.88.